The van der Waals surface area contributed by atoms with Crippen LogP contribution in [-0.2, 0) is 0 Å². The molecule has 0 saturated heterocycles. The van der Waals surface area contributed by atoms with Gasteiger partial charge in [0.25, 0.3) is 0 Å². The number of ether oxygens (including phenoxy) is 1. The lowest BCUT2D eigenvalue weighted by Gasteiger charge is -2.10. The highest BCUT2D eigenvalue weighted by atomic mass is 19.1. The second-order valence-corrected chi connectivity index (χ2v) is 6.39. The molecule has 0 spiro atoms. The normalized spacial score (nSPS) is 10.5. The first-order valence-corrected chi connectivity index (χ1v) is 8.51. The van der Waals surface area contributed by atoms with Gasteiger partial charge in [-0.25, -0.2) is 9.37 Å². The molecule has 0 atom stereocenters. The van der Waals surface area contributed by atoms with E-state index in [0.717, 1.165) is 16.8 Å². The minimum atomic E-state index is -0.388. The molecule has 0 aliphatic carbocycles. The van der Waals surface area contributed by atoms with Crippen LogP contribution < -0.4 is 10.1 Å². The molecule has 1 heterocycles. The van der Waals surface area contributed by atoms with Gasteiger partial charge in [-0.05, 0) is 68.3 Å². The lowest BCUT2D eigenvalue weighted by atomic mass is 10.1. The van der Waals surface area contributed by atoms with Crippen molar-refractivity contribution in [1.82, 2.24) is 9.97 Å². The third-order valence-corrected chi connectivity index (χ3v) is 3.83. The van der Waals surface area contributed by atoms with Crippen LogP contribution in [0.3, 0.4) is 0 Å². The van der Waals surface area contributed by atoms with Crippen LogP contribution in [-0.4, -0.2) is 22.4 Å². The number of aromatic nitrogens is 2. The Kier molecular flexibility index (Phi) is 5.45. The van der Waals surface area contributed by atoms with Crippen LogP contribution in [0.15, 0.2) is 48.5 Å². The average molecular weight is 365 g/mol. The summed E-state index contributed by atoms with van der Waals surface area (Å²) in [5.74, 6) is 0.0464. The molecule has 0 bridgehead atoms. The van der Waals surface area contributed by atoms with Crippen molar-refractivity contribution in [1.29, 1.82) is 0 Å². The van der Waals surface area contributed by atoms with Crippen LogP contribution in [0.4, 0.5) is 16.0 Å². The molecule has 1 aromatic heterocycles. The molecule has 1 N–H and O–H groups in total. The number of halogens is 1. The van der Waals surface area contributed by atoms with Crippen molar-refractivity contribution in [2.24, 2.45) is 0 Å². The number of anilines is 2. The zero-order valence-corrected chi connectivity index (χ0v) is 15.4. The van der Waals surface area contributed by atoms with Gasteiger partial charge in [0.2, 0.25) is 11.8 Å². The quantitative estimate of drug-likeness (QED) is 0.650. The van der Waals surface area contributed by atoms with Crippen molar-refractivity contribution in [3.63, 3.8) is 0 Å². The van der Waals surface area contributed by atoms with E-state index < -0.39 is 0 Å². The highest BCUT2D eigenvalue weighted by Crippen LogP contribution is 2.19. The van der Waals surface area contributed by atoms with E-state index in [4.69, 9.17) is 4.74 Å². The van der Waals surface area contributed by atoms with Gasteiger partial charge in [-0.1, -0.05) is 6.07 Å². The fourth-order valence-electron chi connectivity index (χ4n) is 2.70. The van der Waals surface area contributed by atoms with Crippen molar-refractivity contribution in [2.45, 2.75) is 20.8 Å². The summed E-state index contributed by atoms with van der Waals surface area (Å²) in [7, 11) is 0. The summed E-state index contributed by atoms with van der Waals surface area (Å²) in [5, 5.41) is 3.16. The fraction of sp³-hybridized carbons (Fsp3) is 0.190. The first-order valence-electron chi connectivity index (χ1n) is 8.51. The largest absolute Gasteiger partial charge is 0.469 e. The van der Waals surface area contributed by atoms with Gasteiger partial charge >= 0.3 is 0 Å². The standard InChI is InChI=1S/C21H20FN3O2/c1-13-8-14(2)10-18(9-13)24-21-23-15(3)11-20(25-21)27-12-19(26)16-4-6-17(22)7-5-16/h4-11H,12H2,1-3H3,(H,23,24,25). The van der Waals surface area contributed by atoms with Crippen LogP contribution >= 0.6 is 0 Å². The fourth-order valence-corrected chi connectivity index (χ4v) is 2.70. The van der Waals surface area contributed by atoms with Gasteiger partial charge in [0.15, 0.2) is 12.4 Å². The first-order chi connectivity index (χ1) is 12.9. The molecule has 0 saturated carbocycles. The maximum Gasteiger partial charge on any atom is 0.230 e. The molecule has 0 radical (unpaired) electrons. The van der Waals surface area contributed by atoms with Crippen LogP contribution in [0.25, 0.3) is 0 Å². The van der Waals surface area contributed by atoms with Crippen molar-refractivity contribution in [3.05, 3.63) is 76.7 Å². The number of hydrogen-bond acceptors (Lipinski definition) is 5. The lowest BCUT2D eigenvalue weighted by Crippen LogP contribution is -2.13. The predicted molar refractivity (Wildman–Crippen MR) is 102 cm³/mol. The van der Waals surface area contributed by atoms with E-state index in [-0.39, 0.29) is 18.2 Å². The zero-order valence-electron chi connectivity index (χ0n) is 15.4. The Hall–Kier alpha value is -3.28. The summed E-state index contributed by atoms with van der Waals surface area (Å²) in [6.07, 6.45) is 0. The number of nitrogens with one attached hydrogen (secondary N) is 1. The number of benzene rings is 2. The van der Waals surface area contributed by atoms with Gasteiger partial charge in [0, 0.05) is 23.0 Å². The van der Waals surface area contributed by atoms with Crippen LogP contribution in [0.5, 0.6) is 5.88 Å². The summed E-state index contributed by atoms with van der Waals surface area (Å²) in [6.45, 7) is 5.67. The van der Waals surface area contributed by atoms with E-state index in [1.807, 2.05) is 32.9 Å². The third kappa shape index (κ3) is 5.10. The molecule has 5 nitrogen and oxygen atoms in total. The number of carbonyl (C=O) groups is 1. The Bertz CT molecular complexity index is 951. The molecule has 27 heavy (non-hydrogen) atoms. The Morgan fingerprint density at radius 3 is 2.33 bits per heavy atom. The SMILES string of the molecule is Cc1cc(C)cc(Nc2nc(C)cc(OCC(=O)c3ccc(F)cc3)n2)c1. The molecule has 3 aromatic rings. The molecule has 138 valence electrons. The summed E-state index contributed by atoms with van der Waals surface area (Å²) in [6, 6.07) is 13.1. The van der Waals surface area contributed by atoms with Crippen molar-refractivity contribution in [3.8, 4) is 5.88 Å². The zero-order chi connectivity index (χ0) is 19.4. The highest BCUT2D eigenvalue weighted by molar-refractivity contribution is 5.97. The minimum absolute atomic E-state index is 0.189. The van der Waals surface area contributed by atoms with Gasteiger partial charge in [-0.3, -0.25) is 4.79 Å². The van der Waals surface area contributed by atoms with Crippen molar-refractivity contribution in [2.75, 3.05) is 11.9 Å². The van der Waals surface area contributed by atoms with Gasteiger partial charge in [-0.15, -0.1) is 0 Å². The van der Waals surface area contributed by atoms with Crippen LogP contribution in [0.2, 0.25) is 0 Å². The smallest absolute Gasteiger partial charge is 0.230 e. The van der Waals surface area contributed by atoms with E-state index in [1.54, 1.807) is 6.07 Å². The molecule has 3 rings (SSSR count). The topological polar surface area (TPSA) is 64.1 Å². The van der Waals surface area contributed by atoms with Gasteiger partial charge in [0.1, 0.15) is 5.82 Å². The molecular formula is C21H20FN3O2. The molecule has 0 amide bonds. The first kappa shape index (κ1) is 18.5. The Morgan fingerprint density at radius 1 is 1.00 bits per heavy atom. The van der Waals surface area contributed by atoms with Crippen molar-refractivity contribution >= 4 is 17.4 Å². The Morgan fingerprint density at radius 2 is 1.67 bits per heavy atom. The Labute approximate surface area is 157 Å². The second-order valence-electron chi connectivity index (χ2n) is 6.39. The van der Waals surface area contributed by atoms with E-state index in [1.165, 1.54) is 24.3 Å². The summed E-state index contributed by atoms with van der Waals surface area (Å²) < 4.78 is 18.5. The molecule has 6 heteroatoms. The van der Waals surface area contributed by atoms with E-state index in [9.17, 15) is 9.18 Å². The Balaban J connectivity index is 1.71. The molecular weight excluding hydrogens is 345 g/mol. The summed E-state index contributed by atoms with van der Waals surface area (Å²) in [4.78, 5) is 20.8. The average Bonchev–Trinajstić information content (AvgIpc) is 2.59. The molecule has 0 fully saturated rings. The minimum Gasteiger partial charge on any atom is -0.469 e. The highest BCUT2D eigenvalue weighted by Gasteiger charge is 2.10. The molecule has 2 aromatic carbocycles. The number of aryl methyl sites for hydroxylation is 3. The third-order valence-electron chi connectivity index (χ3n) is 3.83. The lowest BCUT2D eigenvalue weighted by molar-refractivity contribution is 0.0918. The van der Waals surface area contributed by atoms with E-state index in [0.29, 0.717) is 23.1 Å². The summed E-state index contributed by atoms with van der Waals surface area (Å²) >= 11 is 0. The number of rotatable bonds is 6. The predicted octanol–water partition coefficient (Wildman–Crippen LogP) is 4.55. The van der Waals surface area contributed by atoms with Crippen LogP contribution in [0, 0.1) is 26.6 Å². The maximum atomic E-state index is 13.0. The van der Waals surface area contributed by atoms with E-state index >= 15 is 0 Å². The molecule has 0 aliphatic heterocycles. The molecule has 0 unspecified atom stereocenters. The second kappa shape index (κ2) is 7.95. The number of Topliss-reactive ketones (excluding diaryl/α,β-unsaturated/α-hetero) is 1. The van der Waals surface area contributed by atoms with Gasteiger partial charge in [0.05, 0.1) is 0 Å². The monoisotopic (exact) mass is 365 g/mol. The summed E-state index contributed by atoms with van der Waals surface area (Å²) in [5.41, 5.74) is 4.24. The van der Waals surface area contributed by atoms with Crippen molar-refractivity contribution < 1.29 is 13.9 Å². The van der Waals surface area contributed by atoms with Crippen LogP contribution in [0.1, 0.15) is 27.2 Å². The van der Waals surface area contributed by atoms with Gasteiger partial charge < -0.3 is 10.1 Å². The molecule has 0 aliphatic rings. The maximum absolute atomic E-state index is 13.0. The van der Waals surface area contributed by atoms with Gasteiger partial charge in [-0.2, -0.15) is 4.98 Å². The number of hydrogen-bond donors (Lipinski definition) is 1. The number of carbonyl (C=O) groups excluding carboxylic acids is 1. The van der Waals surface area contributed by atoms with E-state index in [2.05, 4.69) is 21.4 Å². The number of nitrogens with zero attached hydrogens (tertiary/aromatic N) is 2. The number of ketones is 1.